The molecule has 0 spiro atoms. The molecule has 0 saturated heterocycles. The van der Waals surface area contributed by atoms with Crippen molar-refractivity contribution in [3.05, 3.63) is 34.9 Å². The number of benzene rings is 1. The second kappa shape index (κ2) is 7.53. The lowest BCUT2D eigenvalue weighted by molar-refractivity contribution is -0.139. The van der Waals surface area contributed by atoms with Gasteiger partial charge in [-0.1, -0.05) is 30.7 Å². The summed E-state index contributed by atoms with van der Waals surface area (Å²) in [7, 11) is 0. The second-order valence-electron chi connectivity index (χ2n) is 4.03. The highest BCUT2D eigenvalue weighted by molar-refractivity contribution is 6.35. The molecule has 102 valence electrons. The molecule has 0 aromatic heterocycles. The van der Waals surface area contributed by atoms with Crippen LogP contribution in [0.4, 0.5) is 0 Å². The van der Waals surface area contributed by atoms with E-state index in [0.29, 0.717) is 5.02 Å². The average molecular weight is 282 g/mol. The first-order valence-electron chi connectivity index (χ1n) is 5.92. The first-order valence-corrected chi connectivity index (χ1v) is 6.30. The summed E-state index contributed by atoms with van der Waals surface area (Å²) in [6.07, 6.45) is 2.19. The Bertz CT molecular complexity index is 471. The van der Waals surface area contributed by atoms with Gasteiger partial charge in [-0.25, -0.2) is 5.43 Å². The molecule has 0 heterocycles. The lowest BCUT2D eigenvalue weighted by atomic mass is 10.2. The average Bonchev–Trinajstić information content (AvgIpc) is 2.40. The Labute approximate surface area is 117 Å². The van der Waals surface area contributed by atoms with Gasteiger partial charge in [-0.15, -0.1) is 0 Å². The zero-order chi connectivity index (χ0) is 14.3. The van der Waals surface area contributed by atoms with E-state index in [9.17, 15) is 9.59 Å². The van der Waals surface area contributed by atoms with Gasteiger partial charge in [0.15, 0.2) is 0 Å². The molecule has 1 atom stereocenters. The standard InChI is InChI=1S/C13H16ClN3O2/c1-3-9(2)16-12(18)13(19)17-15-8-10-4-6-11(14)7-5-10/h4-9H,3H2,1-2H3,(H,16,18)(H,17,19)/b15-8-/t9-/m1/s1. The molecule has 6 heteroatoms. The molecule has 0 saturated carbocycles. The molecule has 0 aliphatic heterocycles. The van der Waals surface area contributed by atoms with Crippen molar-refractivity contribution in [2.24, 2.45) is 5.10 Å². The third-order valence-corrected chi connectivity index (χ3v) is 2.70. The third-order valence-electron chi connectivity index (χ3n) is 2.45. The number of hydrogen-bond donors (Lipinski definition) is 2. The predicted octanol–water partition coefficient (Wildman–Crippen LogP) is 1.70. The third kappa shape index (κ3) is 5.52. The Morgan fingerprint density at radius 3 is 2.53 bits per heavy atom. The zero-order valence-electron chi connectivity index (χ0n) is 10.8. The van der Waals surface area contributed by atoms with Crippen LogP contribution in [0.2, 0.25) is 5.02 Å². The maximum absolute atomic E-state index is 11.4. The van der Waals surface area contributed by atoms with Crippen LogP contribution in [-0.4, -0.2) is 24.1 Å². The molecule has 1 aromatic carbocycles. The Morgan fingerprint density at radius 2 is 1.95 bits per heavy atom. The molecule has 1 aromatic rings. The normalized spacial score (nSPS) is 12.2. The number of carbonyl (C=O) groups excluding carboxylic acids is 2. The van der Waals surface area contributed by atoms with E-state index in [2.05, 4.69) is 15.8 Å². The SMILES string of the molecule is CC[C@@H](C)NC(=O)C(=O)N/N=C\c1ccc(Cl)cc1. The monoisotopic (exact) mass is 281 g/mol. The van der Waals surface area contributed by atoms with Crippen LogP contribution in [0.1, 0.15) is 25.8 Å². The van der Waals surface area contributed by atoms with Crippen LogP contribution in [0.5, 0.6) is 0 Å². The van der Waals surface area contributed by atoms with E-state index in [0.717, 1.165) is 12.0 Å². The van der Waals surface area contributed by atoms with Crippen molar-refractivity contribution in [2.75, 3.05) is 0 Å². The maximum atomic E-state index is 11.4. The van der Waals surface area contributed by atoms with Crippen LogP contribution < -0.4 is 10.7 Å². The predicted molar refractivity (Wildman–Crippen MR) is 75.1 cm³/mol. The number of hydrogen-bond acceptors (Lipinski definition) is 3. The van der Waals surface area contributed by atoms with Gasteiger partial charge in [0.1, 0.15) is 0 Å². The number of carbonyl (C=O) groups is 2. The van der Waals surface area contributed by atoms with E-state index >= 15 is 0 Å². The van der Waals surface area contributed by atoms with E-state index in [1.807, 2.05) is 13.8 Å². The molecular weight excluding hydrogens is 266 g/mol. The van der Waals surface area contributed by atoms with Gasteiger partial charge in [-0.3, -0.25) is 9.59 Å². The highest BCUT2D eigenvalue weighted by Gasteiger charge is 2.13. The summed E-state index contributed by atoms with van der Waals surface area (Å²) in [6.45, 7) is 3.74. The molecule has 0 unspecified atom stereocenters. The Balaban J connectivity index is 2.45. The van der Waals surface area contributed by atoms with Crippen LogP contribution in [-0.2, 0) is 9.59 Å². The fourth-order valence-electron chi connectivity index (χ4n) is 1.16. The number of rotatable bonds is 4. The largest absolute Gasteiger partial charge is 0.345 e. The molecule has 0 aliphatic rings. The summed E-state index contributed by atoms with van der Waals surface area (Å²) < 4.78 is 0. The molecule has 0 bridgehead atoms. The van der Waals surface area contributed by atoms with Crippen molar-refractivity contribution in [1.82, 2.24) is 10.7 Å². The van der Waals surface area contributed by atoms with Crippen LogP contribution in [0, 0.1) is 0 Å². The van der Waals surface area contributed by atoms with Gasteiger partial charge in [-0.05, 0) is 31.0 Å². The summed E-state index contributed by atoms with van der Waals surface area (Å²) >= 11 is 5.73. The van der Waals surface area contributed by atoms with Crippen LogP contribution >= 0.6 is 11.6 Å². The fourth-order valence-corrected chi connectivity index (χ4v) is 1.28. The summed E-state index contributed by atoms with van der Waals surface area (Å²) in [4.78, 5) is 22.8. The van der Waals surface area contributed by atoms with E-state index in [-0.39, 0.29) is 6.04 Å². The number of halogens is 1. The Hall–Kier alpha value is -1.88. The van der Waals surface area contributed by atoms with Crippen LogP contribution in [0.3, 0.4) is 0 Å². The van der Waals surface area contributed by atoms with Crippen molar-refractivity contribution >= 4 is 29.6 Å². The smallest absolute Gasteiger partial charge is 0.329 e. The van der Waals surface area contributed by atoms with Gasteiger partial charge >= 0.3 is 11.8 Å². The molecule has 19 heavy (non-hydrogen) atoms. The summed E-state index contributed by atoms with van der Waals surface area (Å²) in [5.74, 6) is -1.48. The lowest BCUT2D eigenvalue weighted by Gasteiger charge is -2.09. The van der Waals surface area contributed by atoms with Crippen molar-refractivity contribution in [3.8, 4) is 0 Å². The molecule has 1 rings (SSSR count). The first-order chi connectivity index (χ1) is 9.02. The summed E-state index contributed by atoms with van der Waals surface area (Å²) in [5, 5.41) is 6.86. The summed E-state index contributed by atoms with van der Waals surface area (Å²) in [5.41, 5.74) is 2.93. The van der Waals surface area contributed by atoms with Crippen molar-refractivity contribution in [3.63, 3.8) is 0 Å². The van der Waals surface area contributed by atoms with Crippen LogP contribution in [0.25, 0.3) is 0 Å². The number of amides is 2. The lowest BCUT2D eigenvalue weighted by Crippen LogP contribution is -2.41. The Kier molecular flexibility index (Phi) is 6.02. The van der Waals surface area contributed by atoms with Crippen LogP contribution in [0.15, 0.2) is 29.4 Å². The molecule has 0 fully saturated rings. The second-order valence-corrected chi connectivity index (χ2v) is 4.47. The van der Waals surface area contributed by atoms with E-state index < -0.39 is 11.8 Å². The van der Waals surface area contributed by atoms with Gasteiger partial charge < -0.3 is 5.32 Å². The molecule has 0 aliphatic carbocycles. The van der Waals surface area contributed by atoms with Gasteiger partial charge in [0.2, 0.25) is 0 Å². The Morgan fingerprint density at radius 1 is 1.32 bits per heavy atom. The fraction of sp³-hybridized carbons (Fsp3) is 0.308. The molecule has 5 nitrogen and oxygen atoms in total. The number of nitrogens with one attached hydrogen (secondary N) is 2. The minimum atomic E-state index is -0.787. The van der Waals surface area contributed by atoms with Gasteiger partial charge in [0.25, 0.3) is 0 Å². The maximum Gasteiger partial charge on any atom is 0.329 e. The highest BCUT2D eigenvalue weighted by Crippen LogP contribution is 2.07. The number of hydrazone groups is 1. The van der Waals surface area contributed by atoms with E-state index in [1.54, 1.807) is 24.3 Å². The van der Waals surface area contributed by atoms with Crippen molar-refractivity contribution in [2.45, 2.75) is 26.3 Å². The minimum absolute atomic E-state index is 0.0431. The van der Waals surface area contributed by atoms with Gasteiger partial charge in [0.05, 0.1) is 6.21 Å². The highest BCUT2D eigenvalue weighted by atomic mass is 35.5. The first kappa shape index (κ1) is 15.2. The topological polar surface area (TPSA) is 70.6 Å². The van der Waals surface area contributed by atoms with Crippen molar-refractivity contribution in [1.29, 1.82) is 0 Å². The number of nitrogens with zero attached hydrogens (tertiary/aromatic N) is 1. The molecule has 2 N–H and O–H groups in total. The zero-order valence-corrected chi connectivity index (χ0v) is 11.6. The quantitative estimate of drug-likeness (QED) is 0.501. The van der Waals surface area contributed by atoms with Gasteiger partial charge in [-0.2, -0.15) is 5.10 Å². The van der Waals surface area contributed by atoms with E-state index in [1.165, 1.54) is 6.21 Å². The molecule has 0 radical (unpaired) electrons. The molecule has 2 amide bonds. The van der Waals surface area contributed by atoms with Crippen molar-refractivity contribution < 1.29 is 9.59 Å². The van der Waals surface area contributed by atoms with E-state index in [4.69, 9.17) is 11.6 Å². The molecular formula is C13H16ClN3O2. The van der Waals surface area contributed by atoms with Gasteiger partial charge in [0, 0.05) is 11.1 Å². The minimum Gasteiger partial charge on any atom is -0.345 e. The summed E-state index contributed by atoms with van der Waals surface area (Å²) in [6, 6.07) is 6.87.